The van der Waals surface area contributed by atoms with Crippen molar-refractivity contribution in [1.82, 2.24) is 10.2 Å². The van der Waals surface area contributed by atoms with Crippen LogP contribution in [0.25, 0.3) is 0 Å². The topological polar surface area (TPSA) is 58.6 Å². The minimum absolute atomic E-state index is 0.0141. The third-order valence-electron chi connectivity index (χ3n) is 2.31. The summed E-state index contributed by atoms with van der Waals surface area (Å²) in [7, 11) is 1.45. The molecule has 0 aliphatic carbocycles. The molecular weight excluding hydrogens is 172 g/mol. The molecule has 0 aromatic carbocycles. The zero-order valence-corrected chi connectivity index (χ0v) is 8.09. The number of hydrogen-bond donors (Lipinski definition) is 1. The third kappa shape index (κ3) is 1.51. The molecule has 13 heavy (non-hydrogen) atoms. The van der Waals surface area contributed by atoms with Gasteiger partial charge in [0.05, 0.1) is 0 Å². The quantitative estimate of drug-likeness (QED) is 0.645. The molecule has 0 radical (unpaired) electrons. The largest absolute Gasteiger partial charge is 0.364 e. The van der Waals surface area contributed by atoms with Crippen LogP contribution in [0, 0.1) is 0 Å². The Labute approximate surface area is 77.0 Å². The van der Waals surface area contributed by atoms with E-state index in [0.29, 0.717) is 6.42 Å². The molecule has 3 amide bonds. The molecule has 1 aliphatic heterocycles. The van der Waals surface area contributed by atoms with E-state index in [1.165, 1.54) is 7.11 Å². The van der Waals surface area contributed by atoms with E-state index in [1.807, 2.05) is 6.92 Å². The first-order valence-electron chi connectivity index (χ1n) is 4.18. The first kappa shape index (κ1) is 9.98. The maximum Gasteiger partial charge on any atom is 0.326 e. The lowest BCUT2D eigenvalue weighted by molar-refractivity contribution is -0.133. The van der Waals surface area contributed by atoms with Crippen molar-refractivity contribution in [2.45, 2.75) is 25.8 Å². The van der Waals surface area contributed by atoms with Crippen molar-refractivity contribution in [2.75, 3.05) is 13.8 Å². The Bertz CT molecular complexity index is 242. The van der Waals surface area contributed by atoms with Crippen LogP contribution in [-0.4, -0.2) is 36.2 Å². The second-order valence-corrected chi connectivity index (χ2v) is 3.27. The smallest absolute Gasteiger partial charge is 0.326 e. The summed E-state index contributed by atoms with van der Waals surface area (Å²) in [6.07, 6.45) is 0.581. The maximum absolute atomic E-state index is 11.6. The Hall–Kier alpha value is -1.10. The summed E-state index contributed by atoms with van der Waals surface area (Å²) in [5, 5.41) is 2.62. The monoisotopic (exact) mass is 186 g/mol. The van der Waals surface area contributed by atoms with E-state index in [-0.39, 0.29) is 18.7 Å². The molecule has 0 aromatic heterocycles. The number of nitrogens with one attached hydrogen (secondary N) is 1. The summed E-state index contributed by atoms with van der Waals surface area (Å²) in [4.78, 5) is 24.0. The molecule has 1 fully saturated rings. The zero-order valence-electron chi connectivity index (χ0n) is 8.09. The molecule has 5 heteroatoms. The molecule has 1 saturated heterocycles. The lowest BCUT2D eigenvalue weighted by Gasteiger charge is -2.18. The fraction of sp³-hybridized carbons (Fsp3) is 0.750. The van der Waals surface area contributed by atoms with E-state index in [2.05, 4.69) is 5.32 Å². The van der Waals surface area contributed by atoms with Crippen LogP contribution < -0.4 is 5.32 Å². The summed E-state index contributed by atoms with van der Waals surface area (Å²) in [6, 6.07) is -0.379. The minimum atomic E-state index is -0.754. The van der Waals surface area contributed by atoms with Crippen LogP contribution in [0.2, 0.25) is 0 Å². The Morgan fingerprint density at radius 3 is 2.54 bits per heavy atom. The van der Waals surface area contributed by atoms with E-state index in [0.717, 1.165) is 4.90 Å². The molecule has 0 saturated carbocycles. The van der Waals surface area contributed by atoms with Crippen LogP contribution >= 0.6 is 0 Å². The Kier molecular flexibility index (Phi) is 2.56. The van der Waals surface area contributed by atoms with Gasteiger partial charge < -0.3 is 10.1 Å². The van der Waals surface area contributed by atoms with Crippen LogP contribution in [0.3, 0.4) is 0 Å². The molecule has 1 N–H and O–H groups in total. The van der Waals surface area contributed by atoms with Crippen molar-refractivity contribution < 1.29 is 14.3 Å². The van der Waals surface area contributed by atoms with Crippen LogP contribution in [0.4, 0.5) is 4.79 Å². The number of amides is 3. The van der Waals surface area contributed by atoms with Gasteiger partial charge in [0.25, 0.3) is 5.91 Å². The molecule has 1 heterocycles. The van der Waals surface area contributed by atoms with Gasteiger partial charge in [-0.25, -0.2) is 9.69 Å². The second kappa shape index (κ2) is 3.33. The summed E-state index contributed by atoms with van der Waals surface area (Å²) in [5.41, 5.74) is -0.754. The van der Waals surface area contributed by atoms with Crippen molar-refractivity contribution in [3.63, 3.8) is 0 Å². The lowest BCUT2D eigenvalue weighted by Crippen LogP contribution is -2.43. The van der Waals surface area contributed by atoms with Crippen molar-refractivity contribution in [2.24, 2.45) is 0 Å². The van der Waals surface area contributed by atoms with E-state index in [1.54, 1.807) is 6.92 Å². The van der Waals surface area contributed by atoms with Gasteiger partial charge in [0.1, 0.15) is 12.3 Å². The maximum atomic E-state index is 11.6. The zero-order chi connectivity index (χ0) is 10.1. The van der Waals surface area contributed by atoms with Gasteiger partial charge >= 0.3 is 6.03 Å². The van der Waals surface area contributed by atoms with E-state index < -0.39 is 5.54 Å². The normalized spacial score (nSPS) is 28.1. The number of carbonyl (C=O) groups excluding carboxylic acids is 2. The van der Waals surface area contributed by atoms with Crippen LogP contribution in [0.15, 0.2) is 0 Å². The summed E-state index contributed by atoms with van der Waals surface area (Å²) >= 11 is 0. The number of carbonyl (C=O) groups is 2. The second-order valence-electron chi connectivity index (χ2n) is 3.27. The average Bonchev–Trinajstić information content (AvgIpc) is 2.31. The Balaban J connectivity index is 2.81. The summed E-state index contributed by atoms with van der Waals surface area (Å²) < 4.78 is 4.75. The van der Waals surface area contributed by atoms with Gasteiger partial charge in [0.15, 0.2) is 0 Å². The fourth-order valence-corrected chi connectivity index (χ4v) is 1.23. The van der Waals surface area contributed by atoms with Crippen LogP contribution in [-0.2, 0) is 9.53 Å². The highest BCUT2D eigenvalue weighted by Crippen LogP contribution is 2.20. The highest BCUT2D eigenvalue weighted by Gasteiger charge is 2.46. The van der Waals surface area contributed by atoms with E-state index in [9.17, 15) is 9.59 Å². The van der Waals surface area contributed by atoms with Crippen LogP contribution in [0.5, 0.6) is 0 Å². The van der Waals surface area contributed by atoms with Crippen molar-refractivity contribution >= 4 is 11.9 Å². The highest BCUT2D eigenvalue weighted by molar-refractivity contribution is 6.06. The lowest BCUT2D eigenvalue weighted by atomic mass is 10.00. The van der Waals surface area contributed by atoms with Gasteiger partial charge in [-0.2, -0.15) is 0 Å². The molecule has 0 bridgehead atoms. The van der Waals surface area contributed by atoms with Crippen molar-refractivity contribution in [3.05, 3.63) is 0 Å². The minimum Gasteiger partial charge on any atom is -0.364 e. The number of imide groups is 1. The predicted molar refractivity (Wildman–Crippen MR) is 45.9 cm³/mol. The summed E-state index contributed by atoms with van der Waals surface area (Å²) in [5.74, 6) is -0.221. The van der Waals surface area contributed by atoms with Gasteiger partial charge in [-0.1, -0.05) is 6.92 Å². The average molecular weight is 186 g/mol. The summed E-state index contributed by atoms with van der Waals surface area (Å²) in [6.45, 7) is 3.58. The Morgan fingerprint density at radius 2 is 2.15 bits per heavy atom. The molecular formula is C8H14N2O3. The third-order valence-corrected chi connectivity index (χ3v) is 2.31. The molecule has 5 nitrogen and oxygen atoms in total. The van der Waals surface area contributed by atoms with Crippen molar-refractivity contribution in [3.8, 4) is 0 Å². The van der Waals surface area contributed by atoms with Gasteiger partial charge in [0, 0.05) is 7.11 Å². The standard InChI is InChI=1S/C8H14N2O3/c1-4-8(2)6(11)10(5-13-3)7(12)9-8/h4-5H2,1-3H3,(H,9,12). The first-order valence-corrected chi connectivity index (χ1v) is 4.18. The number of urea groups is 1. The van der Waals surface area contributed by atoms with Crippen LogP contribution in [0.1, 0.15) is 20.3 Å². The van der Waals surface area contributed by atoms with Gasteiger partial charge in [-0.05, 0) is 13.3 Å². The number of ether oxygens (including phenoxy) is 1. The van der Waals surface area contributed by atoms with Gasteiger partial charge in [0.2, 0.25) is 0 Å². The molecule has 1 atom stereocenters. The molecule has 74 valence electrons. The van der Waals surface area contributed by atoms with Gasteiger partial charge in [-0.15, -0.1) is 0 Å². The van der Waals surface area contributed by atoms with E-state index >= 15 is 0 Å². The fourth-order valence-electron chi connectivity index (χ4n) is 1.23. The predicted octanol–water partition coefficient (Wildman–Crippen LogP) is 0.311. The number of nitrogens with zero attached hydrogens (tertiary/aromatic N) is 1. The van der Waals surface area contributed by atoms with Gasteiger partial charge in [-0.3, -0.25) is 4.79 Å². The molecule has 1 rings (SSSR count). The number of rotatable bonds is 3. The van der Waals surface area contributed by atoms with E-state index in [4.69, 9.17) is 4.74 Å². The first-order chi connectivity index (χ1) is 6.05. The molecule has 1 unspecified atom stereocenters. The molecule has 0 aromatic rings. The highest BCUT2D eigenvalue weighted by atomic mass is 16.5. The molecule has 1 aliphatic rings. The van der Waals surface area contributed by atoms with Crippen molar-refractivity contribution in [1.29, 1.82) is 0 Å². The number of methoxy groups -OCH3 is 1. The molecule has 0 spiro atoms. The Morgan fingerprint density at radius 1 is 1.54 bits per heavy atom. The SMILES string of the molecule is CCC1(C)NC(=O)N(COC)C1=O. The number of hydrogen-bond acceptors (Lipinski definition) is 3.